The lowest BCUT2D eigenvalue weighted by atomic mass is 9.90. The Labute approximate surface area is 157 Å². The molecule has 0 spiro atoms. The first-order valence-electron chi connectivity index (χ1n) is 10.1. The lowest BCUT2D eigenvalue weighted by molar-refractivity contribution is -0.133. The maximum Gasteiger partial charge on any atom is 0.227 e. The summed E-state index contributed by atoms with van der Waals surface area (Å²) in [6, 6.07) is 0. The first kappa shape index (κ1) is 26.6. The Balaban J connectivity index is 0. The van der Waals surface area contributed by atoms with E-state index in [2.05, 4.69) is 26.1 Å². The van der Waals surface area contributed by atoms with E-state index in [0.29, 0.717) is 13.2 Å². The van der Waals surface area contributed by atoms with Gasteiger partial charge in [-0.15, -0.1) is 0 Å². The van der Waals surface area contributed by atoms with Crippen LogP contribution in [0.4, 0.5) is 0 Å². The van der Waals surface area contributed by atoms with Gasteiger partial charge in [-0.2, -0.15) is 0 Å². The first-order valence-corrected chi connectivity index (χ1v) is 10.1. The number of ether oxygens (including phenoxy) is 2. The Morgan fingerprint density at radius 2 is 1.48 bits per heavy atom. The van der Waals surface area contributed by atoms with Crippen molar-refractivity contribution in [1.82, 2.24) is 5.32 Å². The summed E-state index contributed by atoms with van der Waals surface area (Å²) in [7, 11) is 1.74. The Morgan fingerprint density at radius 3 is 2.04 bits per heavy atom. The minimum Gasteiger partial charge on any atom is -0.385 e. The number of amides is 1. The van der Waals surface area contributed by atoms with Gasteiger partial charge in [0.15, 0.2) is 0 Å². The minimum atomic E-state index is -0.470. The second-order valence-electron chi connectivity index (χ2n) is 7.91. The molecule has 0 atom stereocenters. The number of hydrogen-bond acceptors (Lipinski definition) is 3. The molecule has 0 radical (unpaired) electrons. The van der Waals surface area contributed by atoms with Crippen LogP contribution in [0.5, 0.6) is 0 Å². The Morgan fingerprint density at radius 1 is 0.920 bits per heavy atom. The van der Waals surface area contributed by atoms with Crippen LogP contribution in [0.1, 0.15) is 87.0 Å². The van der Waals surface area contributed by atoms with Gasteiger partial charge < -0.3 is 14.8 Å². The van der Waals surface area contributed by atoms with Crippen LogP contribution in [0.15, 0.2) is 0 Å². The van der Waals surface area contributed by atoms with Gasteiger partial charge in [0.1, 0.15) is 0 Å². The van der Waals surface area contributed by atoms with E-state index >= 15 is 0 Å². The maximum absolute atomic E-state index is 12.3. The highest BCUT2D eigenvalue weighted by molar-refractivity contribution is 5.81. The third kappa shape index (κ3) is 15.4. The SMILES string of the molecule is CC.CCC(C)(C)COCC(C)(C)C(=O)NCCCCCCCOC. The smallest absolute Gasteiger partial charge is 0.227 e. The van der Waals surface area contributed by atoms with E-state index in [0.717, 1.165) is 38.8 Å². The van der Waals surface area contributed by atoms with E-state index in [1.807, 2.05) is 27.7 Å². The average molecular weight is 360 g/mol. The fourth-order valence-electron chi connectivity index (χ4n) is 2.09. The molecule has 0 aromatic rings. The molecule has 0 fully saturated rings. The summed E-state index contributed by atoms with van der Waals surface area (Å²) in [6.45, 7) is 17.2. The van der Waals surface area contributed by atoms with Crippen molar-refractivity contribution in [3.8, 4) is 0 Å². The molecule has 1 N–H and O–H groups in total. The summed E-state index contributed by atoms with van der Waals surface area (Å²) < 4.78 is 10.8. The molecule has 0 bridgehead atoms. The van der Waals surface area contributed by atoms with Crippen LogP contribution in [0.25, 0.3) is 0 Å². The molecule has 0 rings (SSSR count). The summed E-state index contributed by atoms with van der Waals surface area (Å²) in [5.74, 6) is 0.0891. The molecule has 0 aliphatic rings. The van der Waals surface area contributed by atoms with E-state index in [1.165, 1.54) is 12.8 Å². The molecule has 0 heterocycles. The van der Waals surface area contributed by atoms with Gasteiger partial charge in [-0.05, 0) is 38.5 Å². The fraction of sp³-hybridized carbons (Fsp3) is 0.952. The molecule has 0 saturated heterocycles. The largest absolute Gasteiger partial charge is 0.385 e. The van der Waals surface area contributed by atoms with Crippen molar-refractivity contribution in [2.75, 3.05) is 33.5 Å². The molecule has 0 unspecified atom stereocenters. The molecule has 0 aromatic carbocycles. The predicted octanol–water partition coefficient (Wildman–Crippen LogP) is 5.20. The zero-order valence-electron chi connectivity index (χ0n) is 18.3. The van der Waals surface area contributed by atoms with Gasteiger partial charge in [-0.1, -0.05) is 53.9 Å². The van der Waals surface area contributed by atoms with Crippen molar-refractivity contribution in [2.24, 2.45) is 10.8 Å². The molecule has 0 aliphatic heterocycles. The monoisotopic (exact) mass is 359 g/mol. The molecule has 4 heteroatoms. The van der Waals surface area contributed by atoms with Crippen molar-refractivity contribution in [3.05, 3.63) is 0 Å². The summed E-state index contributed by atoms with van der Waals surface area (Å²) in [6.07, 6.45) is 6.81. The highest BCUT2D eigenvalue weighted by Gasteiger charge is 2.28. The minimum absolute atomic E-state index is 0.0891. The quantitative estimate of drug-likeness (QED) is 0.433. The number of hydrogen-bond donors (Lipinski definition) is 1. The Kier molecular flexibility index (Phi) is 16.6. The molecular weight excluding hydrogens is 314 g/mol. The molecule has 4 nitrogen and oxygen atoms in total. The number of carbonyl (C=O) groups excluding carboxylic acids is 1. The lowest BCUT2D eigenvalue weighted by Crippen LogP contribution is -2.41. The molecule has 0 saturated carbocycles. The topological polar surface area (TPSA) is 47.6 Å². The summed E-state index contributed by atoms with van der Waals surface area (Å²) >= 11 is 0. The number of rotatable bonds is 14. The van der Waals surface area contributed by atoms with E-state index in [1.54, 1.807) is 7.11 Å². The van der Waals surface area contributed by atoms with Crippen LogP contribution in [0.2, 0.25) is 0 Å². The third-order valence-corrected chi connectivity index (χ3v) is 4.34. The van der Waals surface area contributed by atoms with Gasteiger partial charge >= 0.3 is 0 Å². The molecule has 0 aromatic heterocycles. The average Bonchev–Trinajstić information content (AvgIpc) is 2.58. The van der Waals surface area contributed by atoms with Gasteiger partial charge in [0, 0.05) is 20.3 Å². The van der Waals surface area contributed by atoms with E-state index in [-0.39, 0.29) is 11.3 Å². The van der Waals surface area contributed by atoms with Gasteiger partial charge in [-0.3, -0.25) is 4.79 Å². The van der Waals surface area contributed by atoms with Gasteiger partial charge in [0.2, 0.25) is 5.91 Å². The van der Waals surface area contributed by atoms with Crippen LogP contribution >= 0.6 is 0 Å². The van der Waals surface area contributed by atoms with E-state index in [9.17, 15) is 4.79 Å². The Bertz CT molecular complexity index is 314. The second kappa shape index (κ2) is 15.6. The van der Waals surface area contributed by atoms with Crippen LogP contribution in [-0.2, 0) is 14.3 Å². The van der Waals surface area contributed by atoms with Crippen molar-refractivity contribution >= 4 is 5.91 Å². The van der Waals surface area contributed by atoms with Crippen molar-refractivity contribution in [2.45, 2.75) is 87.0 Å². The number of carbonyl (C=O) groups is 1. The van der Waals surface area contributed by atoms with Gasteiger partial charge in [0.25, 0.3) is 0 Å². The van der Waals surface area contributed by atoms with Crippen molar-refractivity contribution in [1.29, 1.82) is 0 Å². The molecule has 1 amide bonds. The van der Waals surface area contributed by atoms with Crippen LogP contribution in [0, 0.1) is 10.8 Å². The van der Waals surface area contributed by atoms with Crippen LogP contribution < -0.4 is 5.32 Å². The van der Waals surface area contributed by atoms with E-state index < -0.39 is 5.41 Å². The normalized spacial score (nSPS) is 11.7. The second-order valence-corrected chi connectivity index (χ2v) is 7.91. The lowest BCUT2D eigenvalue weighted by Gasteiger charge is -2.27. The molecule has 0 aliphatic carbocycles. The highest BCUT2D eigenvalue weighted by Crippen LogP contribution is 2.22. The Hall–Kier alpha value is -0.610. The van der Waals surface area contributed by atoms with Crippen LogP contribution in [0.3, 0.4) is 0 Å². The van der Waals surface area contributed by atoms with Crippen molar-refractivity contribution < 1.29 is 14.3 Å². The molecule has 152 valence electrons. The zero-order valence-corrected chi connectivity index (χ0v) is 18.3. The maximum atomic E-state index is 12.3. The summed E-state index contributed by atoms with van der Waals surface area (Å²) in [5, 5.41) is 3.04. The standard InChI is InChI=1S/C19H39NO3.C2H6/c1-7-18(2,3)15-23-16-19(4,5)17(21)20-13-11-9-8-10-12-14-22-6;1-2/h7-16H2,1-6H3,(H,20,21);1-2H3. The van der Waals surface area contributed by atoms with E-state index in [4.69, 9.17) is 9.47 Å². The van der Waals surface area contributed by atoms with Gasteiger partial charge in [-0.25, -0.2) is 0 Å². The molecular formula is C21H45NO3. The first-order chi connectivity index (χ1) is 11.7. The zero-order chi connectivity index (χ0) is 19.8. The van der Waals surface area contributed by atoms with Crippen LogP contribution in [-0.4, -0.2) is 39.4 Å². The summed E-state index contributed by atoms with van der Waals surface area (Å²) in [5.41, 5.74) is -0.294. The van der Waals surface area contributed by atoms with Crippen molar-refractivity contribution in [3.63, 3.8) is 0 Å². The summed E-state index contributed by atoms with van der Waals surface area (Å²) in [4.78, 5) is 12.3. The number of methoxy groups -OCH3 is 1. The highest BCUT2D eigenvalue weighted by atomic mass is 16.5. The van der Waals surface area contributed by atoms with Gasteiger partial charge in [0.05, 0.1) is 18.6 Å². The third-order valence-electron chi connectivity index (χ3n) is 4.34. The predicted molar refractivity (Wildman–Crippen MR) is 108 cm³/mol. The number of unbranched alkanes of at least 4 members (excludes halogenated alkanes) is 4. The fourth-order valence-corrected chi connectivity index (χ4v) is 2.09. The molecule has 25 heavy (non-hydrogen) atoms. The number of nitrogens with one attached hydrogen (secondary N) is 1.